The number of aryl methyl sites for hydroxylation is 1. The largest absolute Gasteiger partial charge is 0.338 e. The number of benzene rings is 2. The molecule has 0 spiro atoms. The van der Waals surface area contributed by atoms with Gasteiger partial charge in [0.1, 0.15) is 10.7 Å². The lowest BCUT2D eigenvalue weighted by Gasteiger charge is -2.31. The molecule has 0 radical (unpaired) electrons. The topological polar surface area (TPSA) is 37.4 Å². The van der Waals surface area contributed by atoms with Gasteiger partial charge in [-0.1, -0.05) is 41.4 Å². The van der Waals surface area contributed by atoms with E-state index in [1.54, 1.807) is 11.0 Å². The average molecular weight is 416 g/mol. The maximum Gasteiger partial charge on any atom is 0.265 e. The Morgan fingerprint density at radius 2 is 1.79 bits per heavy atom. The Morgan fingerprint density at radius 3 is 2.46 bits per heavy atom. The lowest BCUT2D eigenvalue weighted by Crippen LogP contribution is -2.40. The molecular formula is C22H19ClFNO2S. The fourth-order valence-corrected chi connectivity index (χ4v) is 5.12. The van der Waals surface area contributed by atoms with Gasteiger partial charge in [-0.25, -0.2) is 4.39 Å². The molecule has 144 valence electrons. The number of ketones is 1. The first-order valence-electron chi connectivity index (χ1n) is 9.22. The van der Waals surface area contributed by atoms with E-state index in [0.717, 1.165) is 11.1 Å². The zero-order chi connectivity index (χ0) is 19.8. The molecule has 28 heavy (non-hydrogen) atoms. The monoisotopic (exact) mass is 415 g/mol. The van der Waals surface area contributed by atoms with Crippen molar-refractivity contribution in [3.05, 3.63) is 69.3 Å². The van der Waals surface area contributed by atoms with Crippen molar-refractivity contribution >= 4 is 44.7 Å². The molecule has 0 N–H and O–H groups in total. The minimum atomic E-state index is -0.347. The number of hydrogen-bond acceptors (Lipinski definition) is 3. The number of fused-ring (bicyclic) bond motifs is 1. The summed E-state index contributed by atoms with van der Waals surface area (Å²) >= 11 is 7.60. The van der Waals surface area contributed by atoms with Crippen LogP contribution in [-0.2, 0) is 0 Å². The second kappa shape index (κ2) is 7.64. The number of Topliss-reactive ketones (excluding diaryl/α,β-unsaturated/α-hetero) is 1. The molecule has 1 saturated heterocycles. The number of halogens is 2. The molecule has 3 aromatic rings. The first kappa shape index (κ1) is 19.1. The van der Waals surface area contributed by atoms with Gasteiger partial charge in [-0.15, -0.1) is 11.3 Å². The maximum absolute atomic E-state index is 13.5. The van der Waals surface area contributed by atoms with Crippen LogP contribution in [0.4, 0.5) is 4.39 Å². The first-order valence-corrected chi connectivity index (χ1v) is 10.4. The van der Waals surface area contributed by atoms with Gasteiger partial charge in [-0.2, -0.15) is 0 Å². The second-order valence-electron chi connectivity index (χ2n) is 7.18. The summed E-state index contributed by atoms with van der Waals surface area (Å²) in [4.78, 5) is 27.8. The van der Waals surface area contributed by atoms with Crippen molar-refractivity contribution in [2.24, 2.45) is 5.92 Å². The van der Waals surface area contributed by atoms with Crippen LogP contribution in [0.1, 0.15) is 38.4 Å². The Balaban J connectivity index is 1.46. The fraction of sp³-hybridized carbons (Fsp3) is 0.273. The van der Waals surface area contributed by atoms with Gasteiger partial charge >= 0.3 is 0 Å². The third kappa shape index (κ3) is 3.56. The van der Waals surface area contributed by atoms with Gasteiger partial charge < -0.3 is 4.90 Å². The minimum absolute atomic E-state index is 0.0706. The summed E-state index contributed by atoms with van der Waals surface area (Å²) < 4.78 is 14.1. The Hall–Kier alpha value is -2.24. The summed E-state index contributed by atoms with van der Waals surface area (Å²) in [6, 6.07) is 12.0. The fourth-order valence-electron chi connectivity index (χ4n) is 3.62. The quantitative estimate of drug-likeness (QED) is 0.512. The molecule has 0 aliphatic carbocycles. The molecule has 4 rings (SSSR count). The van der Waals surface area contributed by atoms with Crippen LogP contribution in [0.15, 0.2) is 42.5 Å². The number of rotatable bonds is 3. The van der Waals surface area contributed by atoms with E-state index in [4.69, 9.17) is 11.6 Å². The molecule has 0 atom stereocenters. The zero-order valence-corrected chi connectivity index (χ0v) is 16.9. The normalized spacial score (nSPS) is 15.2. The number of likely N-dealkylation sites (tertiary alicyclic amines) is 1. The number of thiophene rings is 1. The molecule has 1 amide bonds. The van der Waals surface area contributed by atoms with E-state index in [9.17, 15) is 14.0 Å². The van der Waals surface area contributed by atoms with Crippen molar-refractivity contribution in [2.45, 2.75) is 19.8 Å². The summed E-state index contributed by atoms with van der Waals surface area (Å²) in [6.07, 6.45) is 1.27. The van der Waals surface area contributed by atoms with Gasteiger partial charge in [-0.05, 0) is 38.0 Å². The number of amides is 1. The molecule has 1 aliphatic rings. The highest BCUT2D eigenvalue weighted by Crippen LogP contribution is 2.37. The third-order valence-corrected chi connectivity index (χ3v) is 6.92. The Kier molecular flexibility index (Phi) is 5.21. The smallest absolute Gasteiger partial charge is 0.265 e. The standard InChI is InChI=1S/C22H19ClFNO2S/c1-13-2-4-14(5-3-13)20(26)15-8-10-25(11-9-15)22(27)21-19(23)17-7-6-16(24)12-18(17)28-21/h2-7,12,15H,8-11H2,1H3. The van der Waals surface area contributed by atoms with Crippen LogP contribution >= 0.6 is 22.9 Å². The van der Waals surface area contributed by atoms with Crippen molar-refractivity contribution in [3.8, 4) is 0 Å². The summed E-state index contributed by atoms with van der Waals surface area (Å²) in [5, 5.41) is 1.07. The van der Waals surface area contributed by atoms with Gasteiger partial charge in [0.2, 0.25) is 0 Å². The van der Waals surface area contributed by atoms with E-state index in [-0.39, 0.29) is 23.4 Å². The van der Waals surface area contributed by atoms with Crippen LogP contribution in [0.25, 0.3) is 10.1 Å². The van der Waals surface area contributed by atoms with Gasteiger partial charge in [0.15, 0.2) is 5.78 Å². The van der Waals surface area contributed by atoms with Gasteiger partial charge in [-0.3, -0.25) is 9.59 Å². The molecule has 0 saturated carbocycles. The molecule has 1 aliphatic heterocycles. The molecule has 3 nitrogen and oxygen atoms in total. The van der Waals surface area contributed by atoms with Crippen molar-refractivity contribution in [1.82, 2.24) is 4.90 Å². The number of piperidine rings is 1. The zero-order valence-electron chi connectivity index (χ0n) is 15.4. The van der Waals surface area contributed by atoms with Gasteiger partial charge in [0.25, 0.3) is 5.91 Å². The minimum Gasteiger partial charge on any atom is -0.338 e. The van der Waals surface area contributed by atoms with Crippen LogP contribution < -0.4 is 0 Å². The summed E-state index contributed by atoms with van der Waals surface area (Å²) in [6.45, 7) is 3.02. The molecule has 2 heterocycles. The predicted molar refractivity (Wildman–Crippen MR) is 111 cm³/mol. The van der Waals surface area contributed by atoms with E-state index in [1.807, 2.05) is 31.2 Å². The lowest BCUT2D eigenvalue weighted by atomic mass is 9.88. The van der Waals surface area contributed by atoms with E-state index >= 15 is 0 Å². The average Bonchev–Trinajstić information content (AvgIpc) is 3.03. The van der Waals surface area contributed by atoms with Crippen molar-refractivity contribution in [2.75, 3.05) is 13.1 Å². The molecule has 2 aromatic carbocycles. The SMILES string of the molecule is Cc1ccc(C(=O)C2CCN(C(=O)c3sc4cc(F)ccc4c3Cl)CC2)cc1. The molecule has 1 aromatic heterocycles. The highest BCUT2D eigenvalue weighted by Gasteiger charge is 2.30. The Morgan fingerprint density at radius 1 is 1.11 bits per heavy atom. The Labute approximate surface area is 171 Å². The van der Waals surface area contributed by atoms with Crippen LogP contribution in [0.2, 0.25) is 5.02 Å². The highest BCUT2D eigenvalue weighted by atomic mass is 35.5. The van der Waals surface area contributed by atoms with Crippen molar-refractivity contribution < 1.29 is 14.0 Å². The number of nitrogens with zero attached hydrogens (tertiary/aromatic N) is 1. The van der Waals surface area contributed by atoms with E-state index in [2.05, 4.69) is 0 Å². The molecular weight excluding hydrogens is 397 g/mol. The number of carbonyl (C=O) groups is 2. The number of carbonyl (C=O) groups excluding carboxylic acids is 2. The maximum atomic E-state index is 13.5. The van der Waals surface area contributed by atoms with Crippen molar-refractivity contribution in [1.29, 1.82) is 0 Å². The van der Waals surface area contributed by atoms with Crippen LogP contribution in [0, 0.1) is 18.7 Å². The summed E-state index contributed by atoms with van der Waals surface area (Å²) in [7, 11) is 0. The third-order valence-electron chi connectivity index (χ3n) is 5.27. The molecule has 1 fully saturated rings. The van der Waals surface area contributed by atoms with Crippen molar-refractivity contribution in [3.63, 3.8) is 0 Å². The van der Waals surface area contributed by atoms with Crippen LogP contribution in [0.3, 0.4) is 0 Å². The van der Waals surface area contributed by atoms with Crippen LogP contribution in [-0.4, -0.2) is 29.7 Å². The molecule has 0 bridgehead atoms. The van der Waals surface area contributed by atoms with Gasteiger partial charge in [0.05, 0.1) is 5.02 Å². The van der Waals surface area contributed by atoms with E-state index in [1.165, 1.54) is 23.5 Å². The molecule has 0 unspecified atom stereocenters. The lowest BCUT2D eigenvalue weighted by molar-refractivity contribution is 0.0654. The summed E-state index contributed by atoms with van der Waals surface area (Å²) in [5.41, 5.74) is 1.85. The Bertz CT molecular complexity index is 1050. The highest BCUT2D eigenvalue weighted by molar-refractivity contribution is 7.21. The molecule has 6 heteroatoms. The van der Waals surface area contributed by atoms with E-state index in [0.29, 0.717) is 45.9 Å². The first-order chi connectivity index (χ1) is 13.4. The van der Waals surface area contributed by atoms with E-state index < -0.39 is 0 Å². The predicted octanol–water partition coefficient (Wildman–Crippen LogP) is 5.74. The summed E-state index contributed by atoms with van der Waals surface area (Å²) in [5.74, 6) is -0.422. The second-order valence-corrected chi connectivity index (χ2v) is 8.61. The van der Waals surface area contributed by atoms with Crippen LogP contribution in [0.5, 0.6) is 0 Å². The van der Waals surface area contributed by atoms with Gasteiger partial charge in [0, 0.05) is 34.7 Å². The number of hydrogen-bond donors (Lipinski definition) is 0.